The fourth-order valence-electron chi connectivity index (χ4n) is 3.16. The van der Waals surface area contributed by atoms with Gasteiger partial charge >= 0.3 is 0 Å². The Hall–Kier alpha value is -3.09. The van der Waals surface area contributed by atoms with E-state index in [2.05, 4.69) is 28.2 Å². The summed E-state index contributed by atoms with van der Waals surface area (Å²) in [6.45, 7) is 0. The summed E-state index contributed by atoms with van der Waals surface area (Å²) in [4.78, 5) is 13.7. The molecule has 0 fully saturated rings. The lowest BCUT2D eigenvalue weighted by atomic mass is 10.2. The number of hydrogen-bond donors (Lipinski definition) is 0. The average molecular weight is 385 g/mol. The van der Waals surface area contributed by atoms with Crippen molar-refractivity contribution in [2.24, 2.45) is 0 Å². The van der Waals surface area contributed by atoms with E-state index in [1.54, 1.807) is 22.7 Å². The first kappa shape index (κ1) is 15.0. The number of nitrogens with zero attached hydrogens (tertiary/aromatic N) is 3. The molecule has 6 aromatic rings. The van der Waals surface area contributed by atoms with Crippen molar-refractivity contribution in [1.29, 1.82) is 0 Å². The predicted molar refractivity (Wildman–Crippen MR) is 111 cm³/mol. The van der Waals surface area contributed by atoms with Crippen LogP contribution in [0.2, 0.25) is 0 Å². The predicted octanol–water partition coefficient (Wildman–Crippen LogP) is 6.38. The van der Waals surface area contributed by atoms with Crippen LogP contribution in [0.25, 0.3) is 53.6 Å². The Morgan fingerprint density at radius 3 is 2.59 bits per heavy atom. The van der Waals surface area contributed by atoms with E-state index in [0.29, 0.717) is 5.89 Å². The van der Waals surface area contributed by atoms with Crippen LogP contribution in [0.15, 0.2) is 70.6 Å². The van der Waals surface area contributed by atoms with Crippen molar-refractivity contribution in [2.75, 3.05) is 0 Å². The molecule has 0 atom stereocenters. The molecule has 0 radical (unpaired) electrons. The number of aromatic nitrogens is 3. The molecule has 0 aliphatic rings. The van der Waals surface area contributed by atoms with Crippen LogP contribution in [0, 0.1) is 0 Å². The first-order valence-electron chi connectivity index (χ1n) is 8.44. The highest BCUT2D eigenvalue weighted by Gasteiger charge is 2.12. The fourth-order valence-corrected chi connectivity index (χ4v) is 4.84. The maximum atomic E-state index is 6.07. The molecule has 3 aromatic heterocycles. The van der Waals surface area contributed by atoms with E-state index >= 15 is 0 Å². The second-order valence-electron chi connectivity index (χ2n) is 6.22. The lowest BCUT2D eigenvalue weighted by Crippen LogP contribution is -1.77. The molecule has 0 saturated carbocycles. The van der Waals surface area contributed by atoms with Gasteiger partial charge in [0.25, 0.3) is 0 Å². The molecule has 27 heavy (non-hydrogen) atoms. The normalized spacial score (nSPS) is 11.7. The van der Waals surface area contributed by atoms with E-state index in [9.17, 15) is 0 Å². The van der Waals surface area contributed by atoms with Crippen LogP contribution in [-0.4, -0.2) is 15.0 Å². The number of rotatable bonds is 2. The highest BCUT2D eigenvalue weighted by molar-refractivity contribution is 7.21. The summed E-state index contributed by atoms with van der Waals surface area (Å²) in [6, 6.07) is 20.3. The monoisotopic (exact) mass is 385 g/mol. The number of thiazole rings is 2. The smallest absolute Gasteiger partial charge is 0.227 e. The first-order chi connectivity index (χ1) is 13.3. The van der Waals surface area contributed by atoms with Gasteiger partial charge in [0.1, 0.15) is 10.5 Å². The number of benzene rings is 3. The van der Waals surface area contributed by atoms with Crippen LogP contribution in [0.1, 0.15) is 0 Å². The van der Waals surface area contributed by atoms with E-state index in [4.69, 9.17) is 9.40 Å². The quantitative estimate of drug-likeness (QED) is 0.347. The van der Waals surface area contributed by atoms with Gasteiger partial charge in [-0.15, -0.1) is 22.7 Å². The largest absolute Gasteiger partial charge is 0.436 e. The third-order valence-corrected chi connectivity index (χ3v) is 6.38. The standard InChI is InChI=1S/C21H11N3OS2/c1-2-4-18-16(3-1)24-21(27-18)13-6-7-14-17(9-13)25-20(23-14)12-5-8-15-19(10-12)26-11-22-15/h1-11H. The molecule has 6 heteroatoms. The van der Waals surface area contributed by atoms with Gasteiger partial charge in [0.05, 0.1) is 25.9 Å². The molecule has 0 aliphatic heterocycles. The van der Waals surface area contributed by atoms with Crippen LogP contribution in [0.5, 0.6) is 0 Å². The summed E-state index contributed by atoms with van der Waals surface area (Å²) in [5.74, 6) is 0.627. The zero-order chi connectivity index (χ0) is 17.8. The minimum absolute atomic E-state index is 0.627. The van der Waals surface area contributed by atoms with E-state index in [1.807, 2.05) is 48.0 Å². The Balaban J connectivity index is 1.46. The molecule has 0 bridgehead atoms. The Morgan fingerprint density at radius 2 is 1.63 bits per heavy atom. The first-order valence-corrected chi connectivity index (χ1v) is 10.1. The van der Waals surface area contributed by atoms with Gasteiger partial charge in [0.2, 0.25) is 5.89 Å². The van der Waals surface area contributed by atoms with E-state index in [0.717, 1.165) is 43.0 Å². The molecule has 6 rings (SSSR count). The summed E-state index contributed by atoms with van der Waals surface area (Å²) in [5.41, 5.74) is 7.50. The Morgan fingerprint density at radius 1 is 0.741 bits per heavy atom. The van der Waals surface area contributed by atoms with Gasteiger partial charge in [-0.2, -0.15) is 0 Å². The molecule has 3 aromatic carbocycles. The van der Waals surface area contributed by atoms with Crippen molar-refractivity contribution in [3.8, 4) is 22.0 Å². The second kappa shape index (κ2) is 5.70. The maximum Gasteiger partial charge on any atom is 0.227 e. The lowest BCUT2D eigenvalue weighted by Gasteiger charge is -1.95. The van der Waals surface area contributed by atoms with Crippen molar-refractivity contribution in [3.05, 3.63) is 66.2 Å². The van der Waals surface area contributed by atoms with Gasteiger partial charge in [0, 0.05) is 11.1 Å². The lowest BCUT2D eigenvalue weighted by molar-refractivity contribution is 0.620. The number of para-hydroxylation sites is 1. The van der Waals surface area contributed by atoms with Gasteiger partial charge in [-0.1, -0.05) is 12.1 Å². The topological polar surface area (TPSA) is 51.8 Å². The molecule has 0 unspecified atom stereocenters. The Labute approximate surface area is 161 Å². The number of fused-ring (bicyclic) bond motifs is 3. The zero-order valence-electron chi connectivity index (χ0n) is 13.9. The minimum atomic E-state index is 0.627. The van der Waals surface area contributed by atoms with E-state index < -0.39 is 0 Å². The van der Waals surface area contributed by atoms with Gasteiger partial charge in [-0.05, 0) is 48.5 Å². The summed E-state index contributed by atoms with van der Waals surface area (Å²) in [5, 5.41) is 0.988. The van der Waals surface area contributed by atoms with Gasteiger partial charge < -0.3 is 4.42 Å². The molecule has 0 aliphatic carbocycles. The molecule has 0 amide bonds. The van der Waals surface area contributed by atoms with Gasteiger partial charge in [0.15, 0.2) is 5.58 Å². The summed E-state index contributed by atoms with van der Waals surface area (Å²) in [6.07, 6.45) is 0. The Kier molecular flexibility index (Phi) is 3.17. The summed E-state index contributed by atoms with van der Waals surface area (Å²) < 4.78 is 8.38. The summed E-state index contributed by atoms with van der Waals surface area (Å²) >= 11 is 3.30. The highest BCUT2D eigenvalue weighted by atomic mass is 32.1. The van der Waals surface area contributed by atoms with Crippen molar-refractivity contribution in [3.63, 3.8) is 0 Å². The fraction of sp³-hybridized carbons (Fsp3) is 0. The van der Waals surface area contributed by atoms with Crippen molar-refractivity contribution < 1.29 is 4.42 Å². The van der Waals surface area contributed by atoms with Crippen molar-refractivity contribution in [2.45, 2.75) is 0 Å². The molecule has 4 nitrogen and oxygen atoms in total. The molecule has 3 heterocycles. The maximum absolute atomic E-state index is 6.07. The van der Waals surface area contributed by atoms with Gasteiger partial charge in [-0.3, -0.25) is 0 Å². The zero-order valence-corrected chi connectivity index (χ0v) is 15.6. The van der Waals surface area contributed by atoms with Gasteiger partial charge in [-0.25, -0.2) is 15.0 Å². The molecule has 0 N–H and O–H groups in total. The number of hydrogen-bond acceptors (Lipinski definition) is 6. The second-order valence-corrected chi connectivity index (χ2v) is 8.14. The molecule has 0 saturated heterocycles. The summed E-state index contributed by atoms with van der Waals surface area (Å²) in [7, 11) is 0. The van der Waals surface area contributed by atoms with Crippen LogP contribution in [-0.2, 0) is 0 Å². The number of oxazole rings is 1. The molecular weight excluding hydrogens is 374 g/mol. The minimum Gasteiger partial charge on any atom is -0.436 e. The third kappa shape index (κ3) is 2.45. The third-order valence-electron chi connectivity index (χ3n) is 4.51. The molecule has 128 valence electrons. The Bertz CT molecular complexity index is 1410. The van der Waals surface area contributed by atoms with Crippen LogP contribution in [0.3, 0.4) is 0 Å². The highest BCUT2D eigenvalue weighted by Crippen LogP contribution is 2.33. The van der Waals surface area contributed by atoms with Crippen molar-refractivity contribution in [1.82, 2.24) is 15.0 Å². The van der Waals surface area contributed by atoms with E-state index in [-0.39, 0.29) is 0 Å². The van der Waals surface area contributed by atoms with Crippen molar-refractivity contribution >= 4 is 54.2 Å². The van der Waals surface area contributed by atoms with E-state index in [1.165, 1.54) is 4.70 Å². The average Bonchev–Trinajstić information content (AvgIpc) is 3.42. The van der Waals surface area contributed by atoms with Crippen LogP contribution < -0.4 is 0 Å². The molecular formula is C21H11N3OS2. The van der Waals surface area contributed by atoms with Crippen LogP contribution in [0.4, 0.5) is 0 Å². The molecule has 0 spiro atoms. The SMILES string of the molecule is c1ccc2sc(-c3ccc4nc(-c5ccc6ncsc6c5)oc4c3)nc2c1. The van der Waals surface area contributed by atoms with Crippen LogP contribution >= 0.6 is 22.7 Å².